The zero-order chi connectivity index (χ0) is 17.9. The van der Waals surface area contributed by atoms with Crippen LogP contribution in [0.5, 0.6) is 11.5 Å². The highest BCUT2D eigenvalue weighted by atomic mass is 16.5. The molecule has 0 unspecified atom stereocenters. The topological polar surface area (TPSA) is 54.6 Å². The maximum absolute atomic E-state index is 12.6. The van der Waals surface area contributed by atoms with E-state index in [9.17, 15) is 4.79 Å². The smallest absolute Gasteiger partial charge is 0.226 e. The molecule has 26 heavy (non-hydrogen) atoms. The molecule has 1 amide bonds. The number of aromatic amines is 1. The molecule has 134 valence electrons. The zero-order valence-corrected chi connectivity index (χ0v) is 14.8. The molecule has 0 atom stereocenters. The van der Waals surface area contributed by atoms with E-state index in [0.717, 1.165) is 35.4 Å². The summed E-state index contributed by atoms with van der Waals surface area (Å²) in [4.78, 5) is 18.0. The first kappa shape index (κ1) is 16.5. The van der Waals surface area contributed by atoms with Crippen molar-refractivity contribution in [3.8, 4) is 11.5 Å². The van der Waals surface area contributed by atoms with Crippen LogP contribution in [0.4, 0.5) is 0 Å². The molecule has 0 aliphatic carbocycles. The van der Waals surface area contributed by atoms with E-state index in [-0.39, 0.29) is 5.91 Å². The van der Waals surface area contributed by atoms with E-state index in [1.807, 2.05) is 53.4 Å². The summed E-state index contributed by atoms with van der Waals surface area (Å²) in [5.74, 6) is 1.76. The average molecular weight is 350 g/mol. The van der Waals surface area contributed by atoms with Gasteiger partial charge >= 0.3 is 0 Å². The summed E-state index contributed by atoms with van der Waals surface area (Å²) in [7, 11) is 1.67. The van der Waals surface area contributed by atoms with E-state index in [1.165, 1.54) is 11.3 Å². The van der Waals surface area contributed by atoms with Crippen LogP contribution in [-0.2, 0) is 17.8 Å². The van der Waals surface area contributed by atoms with Gasteiger partial charge in [0.2, 0.25) is 5.91 Å². The average Bonchev–Trinajstić information content (AvgIpc) is 3.05. The van der Waals surface area contributed by atoms with E-state index in [4.69, 9.17) is 9.47 Å². The molecular weight excluding hydrogens is 328 g/mol. The van der Waals surface area contributed by atoms with Crippen LogP contribution in [0.1, 0.15) is 17.7 Å². The second kappa shape index (κ2) is 7.12. The van der Waals surface area contributed by atoms with E-state index in [1.54, 1.807) is 7.11 Å². The molecule has 0 radical (unpaired) electrons. The van der Waals surface area contributed by atoms with Crippen LogP contribution in [0.15, 0.2) is 48.5 Å². The normalized spacial score (nSPS) is 13.5. The summed E-state index contributed by atoms with van der Waals surface area (Å²) in [6.45, 7) is 1.77. The van der Waals surface area contributed by atoms with E-state index in [2.05, 4.69) is 4.98 Å². The fourth-order valence-corrected chi connectivity index (χ4v) is 3.46. The van der Waals surface area contributed by atoms with Gasteiger partial charge in [0.25, 0.3) is 0 Å². The van der Waals surface area contributed by atoms with Crippen LogP contribution in [0.25, 0.3) is 10.9 Å². The Kier molecular flexibility index (Phi) is 4.52. The molecule has 5 heteroatoms. The largest absolute Gasteiger partial charge is 0.497 e. The van der Waals surface area contributed by atoms with Gasteiger partial charge in [-0.25, -0.2) is 0 Å². The van der Waals surface area contributed by atoms with E-state index in [0.29, 0.717) is 19.6 Å². The summed E-state index contributed by atoms with van der Waals surface area (Å²) in [6, 6.07) is 15.6. The first-order valence-electron chi connectivity index (χ1n) is 8.87. The number of nitrogens with zero attached hydrogens (tertiary/aromatic N) is 1. The van der Waals surface area contributed by atoms with Gasteiger partial charge in [-0.05, 0) is 30.3 Å². The predicted octanol–water partition coefficient (Wildman–Crippen LogP) is 3.53. The van der Waals surface area contributed by atoms with Gasteiger partial charge in [0.1, 0.15) is 11.5 Å². The molecule has 0 fully saturated rings. The Morgan fingerprint density at radius 1 is 1.15 bits per heavy atom. The number of carbonyl (C=O) groups excluding carboxylic acids is 1. The SMILES string of the molecule is COc1ccc2[nH]c3c(c2c1)CN(C(=O)CCOc1ccccc1)CC3. The third-order valence-corrected chi connectivity index (χ3v) is 4.86. The number of fused-ring (bicyclic) bond motifs is 3. The van der Waals surface area contributed by atoms with Gasteiger partial charge in [-0.1, -0.05) is 18.2 Å². The summed E-state index contributed by atoms with van der Waals surface area (Å²) >= 11 is 0. The molecule has 2 aromatic carbocycles. The number of nitrogens with one attached hydrogen (secondary N) is 1. The highest BCUT2D eigenvalue weighted by Crippen LogP contribution is 2.30. The molecule has 1 aromatic heterocycles. The Morgan fingerprint density at radius 2 is 2.00 bits per heavy atom. The Labute approximate surface area is 152 Å². The minimum atomic E-state index is 0.129. The molecule has 2 heterocycles. The van der Waals surface area contributed by atoms with Crippen molar-refractivity contribution in [3.05, 3.63) is 59.8 Å². The lowest BCUT2D eigenvalue weighted by Gasteiger charge is -2.27. The van der Waals surface area contributed by atoms with Gasteiger partial charge < -0.3 is 19.4 Å². The fourth-order valence-electron chi connectivity index (χ4n) is 3.46. The fraction of sp³-hybridized carbons (Fsp3) is 0.286. The van der Waals surface area contributed by atoms with Gasteiger partial charge in [-0.3, -0.25) is 4.79 Å². The Hall–Kier alpha value is -2.95. The number of hydrogen-bond acceptors (Lipinski definition) is 3. The van der Waals surface area contributed by atoms with Crippen LogP contribution in [-0.4, -0.2) is 36.1 Å². The lowest BCUT2D eigenvalue weighted by Crippen LogP contribution is -2.36. The minimum Gasteiger partial charge on any atom is -0.497 e. The molecule has 3 aromatic rings. The monoisotopic (exact) mass is 350 g/mol. The second-order valence-electron chi connectivity index (χ2n) is 6.47. The van der Waals surface area contributed by atoms with Crippen LogP contribution in [0.2, 0.25) is 0 Å². The third-order valence-electron chi connectivity index (χ3n) is 4.86. The standard InChI is InChI=1S/C21H22N2O3/c1-25-16-7-8-19-17(13-16)18-14-23(11-9-20(18)22-19)21(24)10-12-26-15-5-3-2-4-6-15/h2-8,13,22H,9-12,14H2,1H3. The van der Waals surface area contributed by atoms with Gasteiger partial charge in [-0.2, -0.15) is 0 Å². The predicted molar refractivity (Wildman–Crippen MR) is 101 cm³/mol. The van der Waals surface area contributed by atoms with Gasteiger partial charge in [0.15, 0.2) is 0 Å². The molecule has 1 aliphatic rings. The Balaban J connectivity index is 1.43. The Morgan fingerprint density at radius 3 is 2.81 bits per heavy atom. The Bertz CT molecular complexity index is 918. The number of H-pyrrole nitrogens is 1. The molecule has 0 bridgehead atoms. The lowest BCUT2D eigenvalue weighted by molar-refractivity contribution is -0.132. The van der Waals surface area contributed by atoms with Crippen LogP contribution in [0, 0.1) is 0 Å². The molecule has 0 saturated heterocycles. The number of amides is 1. The van der Waals surface area contributed by atoms with Crippen molar-refractivity contribution in [1.82, 2.24) is 9.88 Å². The maximum atomic E-state index is 12.6. The molecule has 5 nitrogen and oxygen atoms in total. The summed E-state index contributed by atoms with van der Waals surface area (Å²) < 4.78 is 11.0. The highest BCUT2D eigenvalue weighted by Gasteiger charge is 2.24. The number of aromatic nitrogens is 1. The van der Waals surface area contributed by atoms with Crippen molar-refractivity contribution in [1.29, 1.82) is 0 Å². The van der Waals surface area contributed by atoms with Crippen LogP contribution >= 0.6 is 0 Å². The van der Waals surface area contributed by atoms with Crippen molar-refractivity contribution in [2.45, 2.75) is 19.4 Å². The summed E-state index contributed by atoms with van der Waals surface area (Å²) in [5.41, 5.74) is 3.51. The third kappa shape index (κ3) is 3.25. The number of para-hydroxylation sites is 1. The van der Waals surface area contributed by atoms with Crippen molar-refractivity contribution in [2.24, 2.45) is 0 Å². The van der Waals surface area contributed by atoms with E-state index < -0.39 is 0 Å². The van der Waals surface area contributed by atoms with Crippen molar-refractivity contribution in [3.63, 3.8) is 0 Å². The molecule has 1 N–H and O–H groups in total. The first-order valence-corrected chi connectivity index (χ1v) is 8.87. The molecule has 0 spiro atoms. The summed E-state index contributed by atoms with van der Waals surface area (Å²) in [5, 5.41) is 1.14. The summed E-state index contributed by atoms with van der Waals surface area (Å²) in [6.07, 6.45) is 1.23. The van der Waals surface area contributed by atoms with Crippen LogP contribution < -0.4 is 9.47 Å². The highest BCUT2D eigenvalue weighted by molar-refractivity contribution is 5.87. The maximum Gasteiger partial charge on any atom is 0.226 e. The molecule has 4 rings (SSSR count). The van der Waals surface area contributed by atoms with Gasteiger partial charge in [0, 0.05) is 41.7 Å². The minimum absolute atomic E-state index is 0.129. The lowest BCUT2D eigenvalue weighted by atomic mass is 10.0. The van der Waals surface area contributed by atoms with Gasteiger partial charge in [0.05, 0.1) is 20.1 Å². The van der Waals surface area contributed by atoms with Crippen LogP contribution in [0.3, 0.4) is 0 Å². The molecule has 0 saturated carbocycles. The van der Waals surface area contributed by atoms with E-state index >= 15 is 0 Å². The molecule has 1 aliphatic heterocycles. The first-order chi connectivity index (χ1) is 12.7. The number of rotatable bonds is 5. The number of carbonyl (C=O) groups is 1. The second-order valence-corrected chi connectivity index (χ2v) is 6.47. The molecular formula is C21H22N2O3. The quantitative estimate of drug-likeness (QED) is 0.766. The number of ether oxygens (including phenoxy) is 2. The van der Waals surface area contributed by atoms with Gasteiger partial charge in [-0.15, -0.1) is 0 Å². The number of hydrogen-bond donors (Lipinski definition) is 1. The van der Waals surface area contributed by atoms with Crippen molar-refractivity contribution in [2.75, 3.05) is 20.3 Å². The van der Waals surface area contributed by atoms with Crippen molar-refractivity contribution >= 4 is 16.8 Å². The zero-order valence-electron chi connectivity index (χ0n) is 14.8. The van der Waals surface area contributed by atoms with Crippen molar-refractivity contribution < 1.29 is 14.3 Å². The number of methoxy groups -OCH3 is 1. The number of benzene rings is 2.